The molecule has 2 aromatic rings. The van der Waals surface area contributed by atoms with Gasteiger partial charge in [-0.1, -0.05) is 24.3 Å². The van der Waals surface area contributed by atoms with Gasteiger partial charge in [-0.3, -0.25) is 4.79 Å². The number of alkyl halides is 3. The number of morpholine rings is 1. The number of hydrogen-bond acceptors (Lipinski definition) is 3. The van der Waals surface area contributed by atoms with Crippen LogP contribution in [0.5, 0.6) is 0 Å². The lowest BCUT2D eigenvalue weighted by Crippen LogP contribution is -3.15. The number of nitrogens with one attached hydrogen (secondary N) is 2. The smallest absolute Gasteiger partial charge is 0.370 e. The third-order valence-corrected chi connectivity index (χ3v) is 5.62. The number of carbonyl (C=O) groups excluding carboxylic acids is 1. The molecule has 1 fully saturated rings. The fraction of sp³-hybridized carbons (Fsp3) is 0.421. The van der Waals surface area contributed by atoms with E-state index in [1.807, 2.05) is 11.4 Å². The van der Waals surface area contributed by atoms with Gasteiger partial charge >= 0.3 is 6.18 Å². The van der Waals surface area contributed by atoms with Crippen LogP contribution in [0.4, 0.5) is 13.2 Å². The van der Waals surface area contributed by atoms with E-state index in [0.717, 1.165) is 25.2 Å². The molecule has 3 rings (SSSR count). The molecule has 0 bridgehead atoms. The summed E-state index contributed by atoms with van der Waals surface area (Å²) in [6.45, 7) is 3.57. The van der Waals surface area contributed by atoms with Crippen molar-refractivity contribution in [1.29, 1.82) is 0 Å². The molecule has 2 N–H and O–H groups in total. The molecule has 0 spiro atoms. The molecule has 0 radical (unpaired) electrons. The largest absolute Gasteiger partial charge is 0.416 e. The molecule has 1 amide bonds. The number of thiophene rings is 1. The summed E-state index contributed by atoms with van der Waals surface area (Å²) in [6, 6.07) is 9.07. The van der Waals surface area contributed by atoms with E-state index in [1.54, 1.807) is 17.4 Å². The van der Waals surface area contributed by atoms with Crippen LogP contribution in [0, 0.1) is 0 Å². The Morgan fingerprint density at radius 1 is 1.22 bits per heavy atom. The van der Waals surface area contributed by atoms with Gasteiger partial charge in [0.15, 0.2) is 0 Å². The zero-order valence-electron chi connectivity index (χ0n) is 14.7. The summed E-state index contributed by atoms with van der Waals surface area (Å²) >= 11 is 1.65. The summed E-state index contributed by atoms with van der Waals surface area (Å²) in [5, 5.41) is 4.91. The second kappa shape index (κ2) is 8.86. The predicted molar refractivity (Wildman–Crippen MR) is 96.7 cm³/mol. The van der Waals surface area contributed by atoms with Crippen molar-refractivity contribution in [3.05, 3.63) is 57.8 Å². The maximum atomic E-state index is 12.8. The first-order valence-corrected chi connectivity index (χ1v) is 9.70. The van der Waals surface area contributed by atoms with E-state index in [-0.39, 0.29) is 18.4 Å². The Balaban J connectivity index is 1.61. The van der Waals surface area contributed by atoms with Crippen LogP contribution >= 0.6 is 11.3 Å². The van der Waals surface area contributed by atoms with Crippen LogP contribution < -0.4 is 10.2 Å². The monoisotopic (exact) mass is 399 g/mol. The van der Waals surface area contributed by atoms with Gasteiger partial charge in [-0.2, -0.15) is 13.2 Å². The lowest BCUT2D eigenvalue weighted by molar-refractivity contribution is -0.937. The van der Waals surface area contributed by atoms with Gasteiger partial charge < -0.3 is 15.0 Å². The average molecular weight is 399 g/mol. The average Bonchev–Trinajstić information content (AvgIpc) is 3.17. The van der Waals surface area contributed by atoms with Crippen molar-refractivity contribution in [2.45, 2.75) is 18.6 Å². The minimum absolute atomic E-state index is 0.0699. The van der Waals surface area contributed by atoms with Crippen molar-refractivity contribution in [3.63, 3.8) is 0 Å². The molecule has 146 valence electrons. The highest BCUT2D eigenvalue weighted by atomic mass is 32.1. The highest BCUT2D eigenvalue weighted by molar-refractivity contribution is 7.10. The first-order valence-electron chi connectivity index (χ1n) is 8.82. The number of hydrogen-bond donors (Lipinski definition) is 2. The van der Waals surface area contributed by atoms with Crippen LogP contribution in [-0.4, -0.2) is 38.8 Å². The van der Waals surface area contributed by atoms with Gasteiger partial charge in [0.1, 0.15) is 19.1 Å². The van der Waals surface area contributed by atoms with Crippen molar-refractivity contribution >= 4 is 17.2 Å². The number of quaternary nitrogens is 1. The Morgan fingerprint density at radius 3 is 2.67 bits per heavy atom. The first-order chi connectivity index (χ1) is 12.9. The van der Waals surface area contributed by atoms with Gasteiger partial charge in [-0.05, 0) is 23.1 Å². The Labute approximate surface area is 159 Å². The summed E-state index contributed by atoms with van der Waals surface area (Å²) in [6.07, 6.45) is -4.48. The maximum absolute atomic E-state index is 12.8. The Bertz CT molecular complexity index is 744. The van der Waals surface area contributed by atoms with Gasteiger partial charge in [0.25, 0.3) is 0 Å². The fourth-order valence-corrected chi connectivity index (χ4v) is 4.12. The molecular weight excluding hydrogens is 377 g/mol. The first kappa shape index (κ1) is 19.9. The van der Waals surface area contributed by atoms with Gasteiger partial charge in [0, 0.05) is 0 Å². The Kier molecular flexibility index (Phi) is 6.51. The number of ether oxygens (including phenoxy) is 1. The molecule has 1 aromatic carbocycles. The lowest BCUT2D eigenvalue weighted by atomic mass is 10.1. The zero-order chi connectivity index (χ0) is 19.3. The van der Waals surface area contributed by atoms with Crippen LogP contribution in [0.15, 0.2) is 41.8 Å². The molecule has 27 heavy (non-hydrogen) atoms. The SMILES string of the molecule is O=C(Cc1cccc(C(F)(F)F)c1)NC[C@H](c1cccs1)[NH+]1CCOCC1. The number of rotatable bonds is 6. The zero-order valence-corrected chi connectivity index (χ0v) is 15.5. The van der Waals surface area contributed by atoms with E-state index in [1.165, 1.54) is 15.8 Å². The number of amides is 1. The lowest BCUT2D eigenvalue weighted by Gasteiger charge is -2.31. The third kappa shape index (κ3) is 5.54. The maximum Gasteiger partial charge on any atom is 0.416 e. The fourth-order valence-electron chi connectivity index (χ4n) is 3.24. The van der Waals surface area contributed by atoms with Crippen molar-refractivity contribution in [2.24, 2.45) is 0 Å². The number of halogens is 3. The summed E-state index contributed by atoms with van der Waals surface area (Å²) in [5.74, 6) is -0.274. The van der Waals surface area contributed by atoms with Crippen LogP contribution in [0.3, 0.4) is 0 Å². The van der Waals surface area contributed by atoms with E-state index in [4.69, 9.17) is 4.74 Å². The van der Waals surface area contributed by atoms with Crippen molar-refractivity contribution in [2.75, 3.05) is 32.8 Å². The van der Waals surface area contributed by atoms with Gasteiger partial charge in [0.05, 0.1) is 36.6 Å². The Hall–Kier alpha value is -1.90. The highest BCUT2D eigenvalue weighted by Crippen LogP contribution is 2.29. The summed E-state index contributed by atoms with van der Waals surface area (Å²) in [4.78, 5) is 14.8. The molecule has 0 unspecified atom stereocenters. The van der Waals surface area contributed by atoms with E-state index >= 15 is 0 Å². The van der Waals surface area contributed by atoms with E-state index in [2.05, 4.69) is 11.4 Å². The molecule has 4 nitrogen and oxygen atoms in total. The number of benzene rings is 1. The summed E-state index contributed by atoms with van der Waals surface area (Å²) in [7, 11) is 0. The van der Waals surface area contributed by atoms with Crippen molar-refractivity contribution in [3.8, 4) is 0 Å². The topological polar surface area (TPSA) is 42.8 Å². The molecule has 1 aliphatic heterocycles. The van der Waals surface area contributed by atoms with E-state index in [9.17, 15) is 18.0 Å². The molecule has 0 aliphatic carbocycles. The second-order valence-electron chi connectivity index (χ2n) is 6.52. The van der Waals surface area contributed by atoms with Gasteiger partial charge in [-0.25, -0.2) is 0 Å². The number of carbonyl (C=O) groups is 1. The van der Waals surface area contributed by atoms with E-state index < -0.39 is 11.7 Å². The highest BCUT2D eigenvalue weighted by Gasteiger charge is 2.31. The molecule has 0 saturated carbocycles. The van der Waals surface area contributed by atoms with Crippen molar-refractivity contribution < 1.29 is 27.6 Å². The second-order valence-corrected chi connectivity index (χ2v) is 7.50. The molecule has 1 aliphatic rings. The molecular formula is C19H22F3N2O2S+. The van der Waals surface area contributed by atoms with Crippen LogP contribution in [-0.2, 0) is 22.1 Å². The molecule has 2 heterocycles. The normalized spacial score (nSPS) is 16.9. The third-order valence-electron chi connectivity index (χ3n) is 4.64. The minimum atomic E-state index is -4.41. The quantitative estimate of drug-likeness (QED) is 0.781. The predicted octanol–water partition coefficient (Wildman–Crippen LogP) is 2.08. The molecule has 1 aromatic heterocycles. The minimum Gasteiger partial charge on any atom is -0.370 e. The van der Waals surface area contributed by atoms with E-state index in [0.29, 0.717) is 25.3 Å². The van der Waals surface area contributed by atoms with Crippen LogP contribution in [0.1, 0.15) is 22.0 Å². The van der Waals surface area contributed by atoms with Crippen LogP contribution in [0.2, 0.25) is 0 Å². The summed E-state index contributed by atoms with van der Waals surface area (Å²) < 4.78 is 43.8. The summed E-state index contributed by atoms with van der Waals surface area (Å²) in [5.41, 5.74) is -0.379. The molecule has 1 saturated heterocycles. The molecule has 1 atom stereocenters. The van der Waals surface area contributed by atoms with Crippen LogP contribution in [0.25, 0.3) is 0 Å². The molecule has 8 heteroatoms. The van der Waals surface area contributed by atoms with Crippen molar-refractivity contribution in [1.82, 2.24) is 5.32 Å². The standard InChI is InChI=1S/C19H21F3N2O2S/c20-19(21,22)15-4-1-3-14(11-15)12-18(25)23-13-16(17-5-2-10-27-17)24-6-8-26-9-7-24/h1-5,10-11,16H,6-9,12-13H2,(H,23,25)/p+1/t16-/m1/s1. The van der Waals surface area contributed by atoms with Gasteiger partial charge in [0.2, 0.25) is 5.91 Å². The van der Waals surface area contributed by atoms with Gasteiger partial charge in [-0.15, -0.1) is 11.3 Å². The Morgan fingerprint density at radius 2 is 2.00 bits per heavy atom.